The number of methoxy groups -OCH3 is 1. The highest BCUT2D eigenvalue weighted by Gasteiger charge is 2.35. The van der Waals surface area contributed by atoms with Crippen LogP contribution in [0.1, 0.15) is 34.3 Å². The van der Waals surface area contributed by atoms with Gasteiger partial charge >= 0.3 is 0 Å². The van der Waals surface area contributed by atoms with Gasteiger partial charge in [0.05, 0.1) is 12.7 Å². The molecule has 1 heterocycles. The summed E-state index contributed by atoms with van der Waals surface area (Å²) in [6.07, 6.45) is 1.42. The summed E-state index contributed by atoms with van der Waals surface area (Å²) in [4.78, 5) is 29.8. The van der Waals surface area contributed by atoms with Crippen molar-refractivity contribution in [3.8, 4) is 5.75 Å². The van der Waals surface area contributed by atoms with Crippen molar-refractivity contribution in [3.63, 3.8) is 0 Å². The molecule has 1 aliphatic heterocycles. The zero-order valence-corrected chi connectivity index (χ0v) is 18.4. The third-order valence-electron chi connectivity index (χ3n) is 5.27. The Hall–Kier alpha value is -2.57. The third kappa shape index (κ3) is 5.12. The Kier molecular flexibility index (Phi) is 7.34. The molecule has 1 N–H and O–H groups in total. The lowest BCUT2D eigenvalue weighted by Gasteiger charge is -2.25. The minimum absolute atomic E-state index is 0.137. The molecule has 0 aromatic heterocycles. The smallest absolute Gasteiger partial charge is 0.258 e. The average Bonchev–Trinajstić information content (AvgIpc) is 3.22. The lowest BCUT2D eigenvalue weighted by atomic mass is 10.1. The van der Waals surface area contributed by atoms with Gasteiger partial charge in [-0.25, -0.2) is 0 Å². The number of amides is 2. The highest BCUT2D eigenvalue weighted by molar-refractivity contribution is 6.31. The first-order valence-corrected chi connectivity index (χ1v) is 10.4. The molecule has 7 heteroatoms. The first-order chi connectivity index (χ1) is 14.4. The summed E-state index contributed by atoms with van der Waals surface area (Å²) >= 11 is 6.08. The predicted molar refractivity (Wildman–Crippen MR) is 118 cm³/mol. The molecule has 1 saturated heterocycles. The number of benzene rings is 2. The standard InChI is InChI=1S/C23H28ClN3O3/c1-26(2)15-17-8-5-4-7-16(17)14-25-22(28)20-9-6-12-27(20)23(29)19-13-18(24)10-11-21(19)30-3/h4-5,7-8,10-11,13,20H,6,9,12,14-15H2,1-3H3,(H,25,28). The Morgan fingerprint density at radius 2 is 1.93 bits per heavy atom. The molecule has 0 radical (unpaired) electrons. The Morgan fingerprint density at radius 1 is 1.20 bits per heavy atom. The van der Waals surface area contributed by atoms with E-state index in [4.69, 9.17) is 16.3 Å². The number of carbonyl (C=O) groups excluding carboxylic acids is 2. The van der Waals surface area contributed by atoms with Crippen LogP contribution >= 0.6 is 11.6 Å². The second-order valence-electron chi connectivity index (χ2n) is 7.73. The van der Waals surface area contributed by atoms with Gasteiger partial charge in [0.1, 0.15) is 11.8 Å². The van der Waals surface area contributed by atoms with E-state index in [0.29, 0.717) is 35.8 Å². The van der Waals surface area contributed by atoms with E-state index >= 15 is 0 Å². The van der Waals surface area contributed by atoms with Gasteiger partial charge in [-0.1, -0.05) is 35.9 Å². The van der Waals surface area contributed by atoms with Gasteiger partial charge in [0.2, 0.25) is 5.91 Å². The van der Waals surface area contributed by atoms with Crippen LogP contribution in [0.15, 0.2) is 42.5 Å². The number of likely N-dealkylation sites (tertiary alicyclic amines) is 1. The van der Waals surface area contributed by atoms with Crippen molar-refractivity contribution in [1.29, 1.82) is 0 Å². The number of carbonyl (C=O) groups is 2. The van der Waals surface area contributed by atoms with Crippen LogP contribution in [-0.2, 0) is 17.9 Å². The fourth-order valence-electron chi connectivity index (χ4n) is 3.81. The summed E-state index contributed by atoms with van der Waals surface area (Å²) in [5, 5.41) is 3.48. The fourth-order valence-corrected chi connectivity index (χ4v) is 3.98. The Morgan fingerprint density at radius 3 is 2.63 bits per heavy atom. The lowest BCUT2D eigenvalue weighted by Crippen LogP contribution is -2.45. The van der Waals surface area contributed by atoms with Crippen molar-refractivity contribution in [1.82, 2.24) is 15.1 Å². The Balaban J connectivity index is 1.71. The van der Waals surface area contributed by atoms with Crippen LogP contribution in [-0.4, -0.2) is 55.4 Å². The molecule has 2 aromatic carbocycles. The maximum Gasteiger partial charge on any atom is 0.258 e. The van der Waals surface area contributed by atoms with Gasteiger partial charge in [-0.2, -0.15) is 0 Å². The Bertz CT molecular complexity index is 916. The van der Waals surface area contributed by atoms with Crippen molar-refractivity contribution in [2.24, 2.45) is 0 Å². The summed E-state index contributed by atoms with van der Waals surface area (Å²) in [5.74, 6) is 0.0783. The Labute approximate surface area is 182 Å². The van der Waals surface area contributed by atoms with E-state index in [1.54, 1.807) is 23.1 Å². The molecule has 160 valence electrons. The van der Waals surface area contributed by atoms with Gasteiger partial charge in [-0.3, -0.25) is 9.59 Å². The molecular weight excluding hydrogens is 402 g/mol. The molecule has 30 heavy (non-hydrogen) atoms. The van der Waals surface area contributed by atoms with Crippen LogP contribution in [0.25, 0.3) is 0 Å². The molecule has 0 saturated carbocycles. The molecular formula is C23H28ClN3O3. The number of rotatable bonds is 7. The molecule has 1 fully saturated rings. The molecule has 1 aliphatic rings. The summed E-state index contributed by atoms with van der Waals surface area (Å²) in [6.45, 7) is 1.76. The van der Waals surface area contributed by atoms with Gasteiger partial charge in [-0.15, -0.1) is 0 Å². The second-order valence-corrected chi connectivity index (χ2v) is 8.16. The monoisotopic (exact) mass is 429 g/mol. The summed E-state index contributed by atoms with van der Waals surface area (Å²) in [6, 6.07) is 12.5. The number of nitrogens with zero attached hydrogens (tertiary/aromatic N) is 2. The van der Waals surface area contributed by atoms with E-state index in [2.05, 4.69) is 16.3 Å². The summed E-state index contributed by atoms with van der Waals surface area (Å²) in [7, 11) is 5.54. The highest BCUT2D eigenvalue weighted by atomic mass is 35.5. The zero-order chi connectivity index (χ0) is 21.7. The number of hydrogen-bond acceptors (Lipinski definition) is 4. The molecule has 0 spiro atoms. The highest BCUT2D eigenvalue weighted by Crippen LogP contribution is 2.27. The SMILES string of the molecule is COc1ccc(Cl)cc1C(=O)N1CCCC1C(=O)NCc1ccccc1CN(C)C. The molecule has 3 rings (SSSR count). The van der Waals surface area contributed by atoms with E-state index in [0.717, 1.165) is 18.5 Å². The number of ether oxygens (including phenoxy) is 1. The van der Waals surface area contributed by atoms with Gasteiger partial charge < -0.3 is 19.9 Å². The van der Waals surface area contributed by atoms with Crippen LogP contribution in [0, 0.1) is 0 Å². The minimum atomic E-state index is -0.498. The number of hydrogen-bond donors (Lipinski definition) is 1. The van der Waals surface area contributed by atoms with E-state index in [-0.39, 0.29) is 11.8 Å². The maximum absolute atomic E-state index is 13.1. The van der Waals surface area contributed by atoms with Crippen molar-refractivity contribution in [2.45, 2.75) is 32.0 Å². The quantitative estimate of drug-likeness (QED) is 0.733. The normalized spacial score (nSPS) is 16.0. The van der Waals surface area contributed by atoms with Gasteiger partial charge in [0.15, 0.2) is 0 Å². The van der Waals surface area contributed by atoms with E-state index in [1.807, 2.05) is 32.3 Å². The molecule has 6 nitrogen and oxygen atoms in total. The van der Waals surface area contributed by atoms with Crippen LogP contribution < -0.4 is 10.1 Å². The van der Waals surface area contributed by atoms with Crippen LogP contribution in [0.2, 0.25) is 5.02 Å². The summed E-state index contributed by atoms with van der Waals surface area (Å²) in [5.41, 5.74) is 2.62. The van der Waals surface area contributed by atoms with Crippen LogP contribution in [0.3, 0.4) is 0 Å². The van der Waals surface area contributed by atoms with E-state index in [1.165, 1.54) is 12.7 Å². The predicted octanol–water partition coefficient (Wildman–Crippen LogP) is 3.33. The maximum atomic E-state index is 13.1. The fraction of sp³-hybridized carbons (Fsp3) is 0.391. The van der Waals surface area contributed by atoms with Gasteiger partial charge in [0.25, 0.3) is 5.91 Å². The first-order valence-electron chi connectivity index (χ1n) is 10.0. The van der Waals surface area contributed by atoms with Crippen LogP contribution in [0.5, 0.6) is 5.75 Å². The molecule has 0 bridgehead atoms. The van der Waals surface area contributed by atoms with E-state index in [9.17, 15) is 9.59 Å². The van der Waals surface area contributed by atoms with Crippen LogP contribution in [0.4, 0.5) is 0 Å². The minimum Gasteiger partial charge on any atom is -0.496 e. The zero-order valence-electron chi connectivity index (χ0n) is 17.7. The largest absolute Gasteiger partial charge is 0.496 e. The molecule has 1 atom stereocenters. The van der Waals surface area contributed by atoms with Crippen molar-refractivity contribution in [2.75, 3.05) is 27.7 Å². The van der Waals surface area contributed by atoms with Crippen molar-refractivity contribution < 1.29 is 14.3 Å². The number of nitrogens with one attached hydrogen (secondary N) is 1. The van der Waals surface area contributed by atoms with Gasteiger partial charge in [-0.05, 0) is 56.3 Å². The van der Waals surface area contributed by atoms with E-state index < -0.39 is 6.04 Å². The third-order valence-corrected chi connectivity index (χ3v) is 5.50. The lowest BCUT2D eigenvalue weighted by molar-refractivity contribution is -0.125. The number of halogens is 1. The van der Waals surface area contributed by atoms with Crippen molar-refractivity contribution >= 4 is 23.4 Å². The summed E-state index contributed by atoms with van der Waals surface area (Å²) < 4.78 is 5.32. The van der Waals surface area contributed by atoms with Crippen molar-refractivity contribution in [3.05, 3.63) is 64.2 Å². The molecule has 0 aliphatic carbocycles. The molecule has 1 unspecified atom stereocenters. The first kappa shape index (κ1) is 22.1. The second kappa shape index (κ2) is 9.96. The van der Waals surface area contributed by atoms with Gasteiger partial charge in [0, 0.05) is 24.7 Å². The molecule has 2 aromatic rings. The topological polar surface area (TPSA) is 61.9 Å². The molecule has 2 amide bonds. The average molecular weight is 430 g/mol.